The Morgan fingerprint density at radius 3 is 2.55 bits per heavy atom. The summed E-state index contributed by atoms with van der Waals surface area (Å²) >= 11 is 12.7. The molecule has 0 fully saturated rings. The minimum atomic E-state index is -0.226. The maximum absolute atomic E-state index is 12.4. The Kier molecular flexibility index (Phi) is 5.07. The van der Waals surface area contributed by atoms with Crippen molar-refractivity contribution in [3.05, 3.63) is 55.9 Å². The summed E-state index contributed by atoms with van der Waals surface area (Å²) in [7, 11) is 1.76. The average molecular weight is 419 g/mol. The molecule has 0 aliphatic rings. The predicted octanol–water partition coefficient (Wildman–Crippen LogP) is 5.16. The topological polar surface area (TPSA) is 41.1 Å². The Balaban J connectivity index is 2.32. The van der Waals surface area contributed by atoms with Crippen molar-refractivity contribution in [1.82, 2.24) is 0 Å². The highest BCUT2D eigenvalue weighted by Crippen LogP contribution is 2.28. The van der Waals surface area contributed by atoms with Gasteiger partial charge in [-0.2, -0.15) is 0 Å². The van der Waals surface area contributed by atoms with Gasteiger partial charge >= 0.3 is 0 Å². The third kappa shape index (κ3) is 3.53. The molecule has 0 aromatic heterocycles. The molecule has 2 rings (SSSR count). The van der Waals surface area contributed by atoms with Crippen LogP contribution in [0.15, 0.2) is 45.3 Å². The molecule has 0 spiro atoms. The molecule has 0 aliphatic carbocycles. The molecular formula is C14H11Br2ClN2O. The first kappa shape index (κ1) is 15.4. The fourth-order valence-corrected chi connectivity index (χ4v) is 2.58. The monoisotopic (exact) mass is 416 g/mol. The number of carbonyl (C=O) groups excluding carboxylic acids is 1. The summed E-state index contributed by atoms with van der Waals surface area (Å²) in [4.78, 5) is 12.4. The van der Waals surface area contributed by atoms with Crippen LogP contribution in [0.4, 0.5) is 11.4 Å². The van der Waals surface area contributed by atoms with Gasteiger partial charge in [0.25, 0.3) is 5.91 Å². The van der Waals surface area contributed by atoms with E-state index < -0.39 is 0 Å². The van der Waals surface area contributed by atoms with Crippen molar-refractivity contribution < 1.29 is 4.79 Å². The molecule has 0 radical (unpaired) electrons. The Bertz CT molecular complexity index is 662. The van der Waals surface area contributed by atoms with E-state index in [4.69, 9.17) is 11.6 Å². The molecule has 2 aromatic carbocycles. The number of carbonyl (C=O) groups is 1. The van der Waals surface area contributed by atoms with E-state index in [0.29, 0.717) is 16.3 Å². The van der Waals surface area contributed by atoms with Crippen LogP contribution in [0.3, 0.4) is 0 Å². The number of nitrogens with one attached hydrogen (secondary N) is 2. The van der Waals surface area contributed by atoms with Gasteiger partial charge in [0.1, 0.15) is 0 Å². The van der Waals surface area contributed by atoms with E-state index in [-0.39, 0.29) is 5.91 Å². The van der Waals surface area contributed by atoms with Crippen molar-refractivity contribution in [2.45, 2.75) is 0 Å². The second-order valence-electron chi connectivity index (χ2n) is 4.02. The SMILES string of the molecule is CNc1ccc(Cl)cc1C(=O)Nc1cc(Br)ccc1Br. The third-order valence-corrected chi connectivity index (χ3v) is 4.09. The van der Waals surface area contributed by atoms with E-state index in [1.807, 2.05) is 18.2 Å². The zero-order chi connectivity index (χ0) is 14.7. The number of hydrogen-bond donors (Lipinski definition) is 2. The van der Waals surface area contributed by atoms with E-state index >= 15 is 0 Å². The molecule has 3 nitrogen and oxygen atoms in total. The molecule has 0 aliphatic heterocycles. The standard InChI is InChI=1S/C14H11Br2ClN2O/c1-18-12-5-3-9(17)7-10(12)14(20)19-13-6-8(15)2-4-11(13)16/h2-7,18H,1H3,(H,19,20). The lowest BCUT2D eigenvalue weighted by molar-refractivity contribution is 0.102. The van der Waals surface area contributed by atoms with Gasteiger partial charge in [0.15, 0.2) is 0 Å². The van der Waals surface area contributed by atoms with Crippen molar-refractivity contribution in [1.29, 1.82) is 0 Å². The molecule has 0 heterocycles. The van der Waals surface area contributed by atoms with Crippen LogP contribution in [-0.2, 0) is 0 Å². The Hall–Kier alpha value is -1.04. The molecule has 0 saturated heterocycles. The summed E-state index contributed by atoms with van der Waals surface area (Å²) in [6.07, 6.45) is 0. The van der Waals surface area contributed by atoms with Crippen molar-refractivity contribution in [2.24, 2.45) is 0 Å². The van der Waals surface area contributed by atoms with Gasteiger partial charge in [-0.25, -0.2) is 0 Å². The van der Waals surface area contributed by atoms with Crippen LogP contribution < -0.4 is 10.6 Å². The van der Waals surface area contributed by atoms with Crippen molar-refractivity contribution >= 4 is 60.7 Å². The first-order valence-electron chi connectivity index (χ1n) is 5.75. The molecule has 1 amide bonds. The Morgan fingerprint density at radius 2 is 1.85 bits per heavy atom. The molecule has 0 atom stereocenters. The van der Waals surface area contributed by atoms with Gasteiger partial charge in [0.2, 0.25) is 0 Å². The van der Waals surface area contributed by atoms with Crippen LogP contribution in [-0.4, -0.2) is 13.0 Å². The van der Waals surface area contributed by atoms with Gasteiger partial charge in [0.05, 0.1) is 11.3 Å². The summed E-state index contributed by atoms with van der Waals surface area (Å²) in [6.45, 7) is 0. The number of benzene rings is 2. The minimum absolute atomic E-state index is 0.226. The van der Waals surface area contributed by atoms with Gasteiger partial charge in [-0.15, -0.1) is 0 Å². The first-order chi connectivity index (χ1) is 9.51. The van der Waals surface area contributed by atoms with Crippen molar-refractivity contribution in [3.8, 4) is 0 Å². The van der Waals surface area contributed by atoms with Crippen LogP contribution in [0.5, 0.6) is 0 Å². The molecule has 0 unspecified atom stereocenters. The lowest BCUT2D eigenvalue weighted by Crippen LogP contribution is -2.14. The smallest absolute Gasteiger partial charge is 0.257 e. The molecule has 104 valence electrons. The van der Waals surface area contributed by atoms with Gasteiger partial charge < -0.3 is 10.6 Å². The van der Waals surface area contributed by atoms with Gasteiger partial charge in [-0.05, 0) is 52.3 Å². The van der Waals surface area contributed by atoms with Crippen LogP contribution in [0, 0.1) is 0 Å². The fraction of sp³-hybridized carbons (Fsp3) is 0.0714. The number of anilines is 2. The summed E-state index contributed by atoms with van der Waals surface area (Å²) in [5.41, 5.74) is 1.90. The summed E-state index contributed by atoms with van der Waals surface area (Å²) in [5, 5.41) is 6.35. The fourth-order valence-electron chi connectivity index (χ4n) is 1.71. The number of hydrogen-bond acceptors (Lipinski definition) is 2. The molecule has 20 heavy (non-hydrogen) atoms. The summed E-state index contributed by atoms with van der Waals surface area (Å²) < 4.78 is 1.69. The Morgan fingerprint density at radius 1 is 1.10 bits per heavy atom. The van der Waals surface area contributed by atoms with Crippen LogP contribution in [0.1, 0.15) is 10.4 Å². The normalized spacial score (nSPS) is 10.2. The quantitative estimate of drug-likeness (QED) is 0.723. The van der Waals surface area contributed by atoms with E-state index in [1.54, 1.807) is 25.2 Å². The molecule has 0 saturated carbocycles. The van der Waals surface area contributed by atoms with Crippen molar-refractivity contribution in [2.75, 3.05) is 17.7 Å². The predicted molar refractivity (Wildman–Crippen MR) is 90.8 cm³/mol. The van der Waals surface area contributed by atoms with E-state index in [0.717, 1.165) is 14.6 Å². The van der Waals surface area contributed by atoms with E-state index in [2.05, 4.69) is 42.5 Å². The highest BCUT2D eigenvalue weighted by Gasteiger charge is 2.13. The Labute approximate surface area is 139 Å². The summed E-state index contributed by atoms with van der Waals surface area (Å²) in [6, 6.07) is 10.7. The molecule has 6 heteroatoms. The lowest BCUT2D eigenvalue weighted by Gasteiger charge is -2.11. The highest BCUT2D eigenvalue weighted by atomic mass is 79.9. The van der Waals surface area contributed by atoms with Crippen molar-refractivity contribution in [3.63, 3.8) is 0 Å². The largest absolute Gasteiger partial charge is 0.387 e. The second kappa shape index (κ2) is 6.61. The zero-order valence-electron chi connectivity index (χ0n) is 10.5. The van der Waals surface area contributed by atoms with E-state index in [1.165, 1.54) is 0 Å². The minimum Gasteiger partial charge on any atom is -0.387 e. The van der Waals surface area contributed by atoms with Crippen LogP contribution in [0.25, 0.3) is 0 Å². The molecule has 2 N–H and O–H groups in total. The maximum Gasteiger partial charge on any atom is 0.257 e. The van der Waals surface area contributed by atoms with Crippen LogP contribution in [0.2, 0.25) is 5.02 Å². The zero-order valence-corrected chi connectivity index (χ0v) is 14.4. The van der Waals surface area contributed by atoms with Gasteiger partial charge in [-0.3, -0.25) is 4.79 Å². The average Bonchev–Trinajstić information content (AvgIpc) is 2.42. The molecular weight excluding hydrogens is 407 g/mol. The van der Waals surface area contributed by atoms with E-state index in [9.17, 15) is 4.79 Å². The maximum atomic E-state index is 12.4. The third-order valence-electron chi connectivity index (χ3n) is 2.67. The number of rotatable bonds is 3. The summed E-state index contributed by atoms with van der Waals surface area (Å²) in [5.74, 6) is -0.226. The molecule has 0 bridgehead atoms. The molecule has 2 aromatic rings. The lowest BCUT2D eigenvalue weighted by atomic mass is 10.1. The second-order valence-corrected chi connectivity index (χ2v) is 6.22. The van der Waals surface area contributed by atoms with Gasteiger partial charge in [-0.1, -0.05) is 27.5 Å². The van der Waals surface area contributed by atoms with Crippen LogP contribution >= 0.6 is 43.5 Å². The van der Waals surface area contributed by atoms with Gasteiger partial charge in [0, 0.05) is 26.7 Å². The number of amides is 1. The highest BCUT2D eigenvalue weighted by molar-refractivity contribution is 9.11. The first-order valence-corrected chi connectivity index (χ1v) is 7.71. The number of halogens is 3.